The summed E-state index contributed by atoms with van der Waals surface area (Å²) in [6, 6.07) is 13.1. The molecule has 0 aliphatic carbocycles. The molecule has 3 rings (SSSR count). The summed E-state index contributed by atoms with van der Waals surface area (Å²) in [6.07, 6.45) is 0. The molecule has 8 heteroatoms. The van der Waals surface area contributed by atoms with Crippen LogP contribution in [-0.2, 0) is 9.53 Å². The fourth-order valence-electron chi connectivity index (χ4n) is 2.56. The molecule has 2 aromatic rings. The SMILES string of the molecule is COC(=O)C1CN(C(=O)Nc2ccc(Cl)cc2)N=C1c1ccc(Cl)cc1. The van der Waals surface area contributed by atoms with Crippen LogP contribution in [0.2, 0.25) is 10.0 Å². The highest BCUT2D eigenvalue weighted by Crippen LogP contribution is 2.23. The lowest BCUT2D eigenvalue weighted by Crippen LogP contribution is -2.33. The minimum absolute atomic E-state index is 0.0874. The number of hydrogen-bond acceptors (Lipinski definition) is 4. The zero-order chi connectivity index (χ0) is 18.7. The van der Waals surface area contributed by atoms with Crippen molar-refractivity contribution in [3.8, 4) is 0 Å². The van der Waals surface area contributed by atoms with Crippen LogP contribution >= 0.6 is 23.2 Å². The second-order valence-electron chi connectivity index (χ2n) is 5.59. The monoisotopic (exact) mass is 391 g/mol. The first-order valence-corrected chi connectivity index (χ1v) is 8.50. The van der Waals surface area contributed by atoms with E-state index >= 15 is 0 Å². The van der Waals surface area contributed by atoms with Crippen molar-refractivity contribution >= 4 is 46.6 Å². The van der Waals surface area contributed by atoms with Crippen LogP contribution in [0.4, 0.5) is 10.5 Å². The quantitative estimate of drug-likeness (QED) is 0.802. The lowest BCUT2D eigenvalue weighted by Gasteiger charge is -2.14. The first-order chi connectivity index (χ1) is 12.5. The van der Waals surface area contributed by atoms with E-state index in [0.29, 0.717) is 27.0 Å². The summed E-state index contributed by atoms with van der Waals surface area (Å²) >= 11 is 11.7. The number of carbonyl (C=O) groups excluding carboxylic acids is 2. The molecular formula is C18H15Cl2N3O3. The maximum absolute atomic E-state index is 12.5. The first-order valence-electron chi connectivity index (χ1n) is 7.74. The van der Waals surface area contributed by atoms with E-state index in [1.165, 1.54) is 12.1 Å². The number of halogens is 2. The minimum atomic E-state index is -0.669. The van der Waals surface area contributed by atoms with Crippen LogP contribution in [0.3, 0.4) is 0 Å². The Balaban J connectivity index is 1.83. The fourth-order valence-corrected chi connectivity index (χ4v) is 2.81. The van der Waals surface area contributed by atoms with Crippen molar-refractivity contribution in [3.05, 3.63) is 64.1 Å². The molecule has 0 fully saturated rings. The predicted molar refractivity (Wildman–Crippen MR) is 101 cm³/mol. The number of anilines is 1. The normalized spacial score (nSPS) is 16.2. The summed E-state index contributed by atoms with van der Waals surface area (Å²) in [4.78, 5) is 24.6. The topological polar surface area (TPSA) is 71.0 Å². The number of urea groups is 1. The molecule has 0 saturated carbocycles. The molecule has 1 N–H and O–H groups in total. The number of ether oxygens (including phenoxy) is 1. The molecule has 0 radical (unpaired) electrons. The lowest BCUT2D eigenvalue weighted by atomic mass is 9.98. The van der Waals surface area contributed by atoms with Gasteiger partial charge in [0, 0.05) is 15.7 Å². The first kappa shape index (κ1) is 18.2. The number of amides is 2. The van der Waals surface area contributed by atoms with Crippen LogP contribution in [-0.4, -0.2) is 36.4 Å². The highest BCUT2D eigenvalue weighted by atomic mass is 35.5. The van der Waals surface area contributed by atoms with Gasteiger partial charge in [0.15, 0.2) is 0 Å². The van der Waals surface area contributed by atoms with Gasteiger partial charge in [-0.2, -0.15) is 5.10 Å². The second-order valence-corrected chi connectivity index (χ2v) is 6.46. The summed E-state index contributed by atoms with van der Waals surface area (Å²) in [6.45, 7) is 0.0874. The average molecular weight is 392 g/mol. The largest absolute Gasteiger partial charge is 0.468 e. The molecule has 26 heavy (non-hydrogen) atoms. The van der Waals surface area contributed by atoms with Crippen LogP contribution in [0, 0.1) is 5.92 Å². The molecule has 2 aromatic carbocycles. The molecule has 6 nitrogen and oxygen atoms in total. The van der Waals surface area contributed by atoms with E-state index < -0.39 is 17.9 Å². The number of rotatable bonds is 3. The zero-order valence-corrected chi connectivity index (χ0v) is 15.3. The third kappa shape index (κ3) is 3.98. The molecule has 0 saturated heterocycles. The Kier molecular flexibility index (Phi) is 5.44. The molecule has 2 amide bonds. The summed E-state index contributed by atoms with van der Waals surface area (Å²) in [7, 11) is 1.30. The molecule has 1 aliphatic heterocycles. The number of hydrogen-bond donors (Lipinski definition) is 1. The molecule has 1 atom stereocenters. The van der Waals surface area contributed by atoms with Gasteiger partial charge >= 0.3 is 12.0 Å². The van der Waals surface area contributed by atoms with E-state index in [1.807, 2.05) is 0 Å². The van der Waals surface area contributed by atoms with E-state index in [0.717, 1.165) is 0 Å². The zero-order valence-electron chi connectivity index (χ0n) is 13.8. The van der Waals surface area contributed by atoms with E-state index in [2.05, 4.69) is 10.4 Å². The summed E-state index contributed by atoms with van der Waals surface area (Å²) in [5.74, 6) is -1.13. The van der Waals surface area contributed by atoms with Gasteiger partial charge < -0.3 is 10.1 Å². The number of hydrazone groups is 1. The maximum atomic E-state index is 12.5. The van der Waals surface area contributed by atoms with Gasteiger partial charge in [0.05, 0.1) is 19.4 Å². The number of nitrogens with one attached hydrogen (secondary N) is 1. The van der Waals surface area contributed by atoms with Gasteiger partial charge in [-0.05, 0) is 42.0 Å². The summed E-state index contributed by atoms with van der Waals surface area (Å²) in [5.41, 5.74) is 1.73. The Morgan fingerprint density at radius 2 is 1.65 bits per heavy atom. The number of methoxy groups -OCH3 is 1. The molecule has 1 aliphatic rings. The van der Waals surface area contributed by atoms with Crippen LogP contribution in [0.1, 0.15) is 5.56 Å². The Labute approximate surface area is 160 Å². The van der Waals surface area contributed by atoms with Crippen molar-refractivity contribution in [1.29, 1.82) is 0 Å². The van der Waals surface area contributed by atoms with Crippen molar-refractivity contribution in [1.82, 2.24) is 5.01 Å². The number of benzene rings is 2. The molecule has 134 valence electrons. The average Bonchev–Trinajstić information content (AvgIpc) is 3.09. The van der Waals surface area contributed by atoms with Crippen LogP contribution in [0.25, 0.3) is 0 Å². The highest BCUT2D eigenvalue weighted by molar-refractivity contribution is 6.31. The Hall–Kier alpha value is -2.57. The molecule has 0 spiro atoms. The van der Waals surface area contributed by atoms with E-state index in [1.54, 1.807) is 48.5 Å². The van der Waals surface area contributed by atoms with Crippen molar-refractivity contribution in [2.45, 2.75) is 0 Å². The van der Waals surface area contributed by atoms with Crippen molar-refractivity contribution in [2.75, 3.05) is 19.0 Å². The smallest absolute Gasteiger partial charge is 0.342 e. The van der Waals surface area contributed by atoms with Gasteiger partial charge in [-0.15, -0.1) is 0 Å². The third-order valence-corrected chi connectivity index (χ3v) is 4.37. The third-order valence-electron chi connectivity index (χ3n) is 3.87. The van der Waals surface area contributed by atoms with Crippen molar-refractivity contribution in [3.63, 3.8) is 0 Å². The van der Waals surface area contributed by atoms with Gasteiger partial charge in [0.2, 0.25) is 0 Å². The second kappa shape index (κ2) is 7.76. The molecule has 0 aromatic heterocycles. The standard InChI is InChI=1S/C18H15Cl2N3O3/c1-26-17(24)15-10-23(18(25)21-14-8-6-13(20)7-9-14)22-16(15)11-2-4-12(19)5-3-11/h2-9,15H,10H2,1H3,(H,21,25). The Bertz CT molecular complexity index is 851. The van der Waals surface area contributed by atoms with Crippen LogP contribution in [0.15, 0.2) is 53.6 Å². The van der Waals surface area contributed by atoms with Gasteiger partial charge in [-0.1, -0.05) is 35.3 Å². The van der Waals surface area contributed by atoms with E-state index in [4.69, 9.17) is 27.9 Å². The fraction of sp³-hybridized carbons (Fsp3) is 0.167. The maximum Gasteiger partial charge on any atom is 0.342 e. The molecular weight excluding hydrogens is 377 g/mol. The molecule has 1 unspecified atom stereocenters. The summed E-state index contributed by atoms with van der Waals surface area (Å²) in [5, 5.41) is 9.38. The number of nitrogens with zero attached hydrogens (tertiary/aromatic N) is 2. The molecule has 1 heterocycles. The van der Waals surface area contributed by atoms with Gasteiger partial charge in [0.1, 0.15) is 5.92 Å². The van der Waals surface area contributed by atoms with E-state index in [-0.39, 0.29) is 6.54 Å². The summed E-state index contributed by atoms with van der Waals surface area (Å²) < 4.78 is 4.85. The molecule has 0 bridgehead atoms. The van der Waals surface area contributed by atoms with Crippen LogP contribution < -0.4 is 5.32 Å². The number of carbonyl (C=O) groups is 2. The van der Waals surface area contributed by atoms with E-state index in [9.17, 15) is 9.59 Å². The number of esters is 1. The van der Waals surface area contributed by atoms with Crippen molar-refractivity contribution < 1.29 is 14.3 Å². The van der Waals surface area contributed by atoms with Crippen molar-refractivity contribution in [2.24, 2.45) is 11.0 Å². The van der Waals surface area contributed by atoms with Crippen LogP contribution in [0.5, 0.6) is 0 Å². The lowest BCUT2D eigenvalue weighted by molar-refractivity contribution is -0.142. The predicted octanol–water partition coefficient (Wildman–Crippen LogP) is 4.03. The Morgan fingerprint density at radius 3 is 2.23 bits per heavy atom. The van der Waals surface area contributed by atoms with Gasteiger partial charge in [-0.3, -0.25) is 4.79 Å². The minimum Gasteiger partial charge on any atom is -0.468 e. The van der Waals surface area contributed by atoms with Gasteiger partial charge in [-0.25, -0.2) is 9.80 Å². The Morgan fingerprint density at radius 1 is 1.08 bits per heavy atom. The highest BCUT2D eigenvalue weighted by Gasteiger charge is 2.36. The van der Waals surface area contributed by atoms with Gasteiger partial charge in [0.25, 0.3) is 0 Å².